The summed E-state index contributed by atoms with van der Waals surface area (Å²) in [6.45, 7) is 1.21. The smallest absolute Gasteiger partial charge is 0.222 e. The first-order valence-corrected chi connectivity index (χ1v) is 10.0. The summed E-state index contributed by atoms with van der Waals surface area (Å²) in [5, 5.41) is 7.84. The summed E-state index contributed by atoms with van der Waals surface area (Å²) in [6.07, 6.45) is 6.18. The van der Waals surface area contributed by atoms with Gasteiger partial charge < -0.3 is 14.5 Å². The third-order valence-electron chi connectivity index (χ3n) is 4.55. The van der Waals surface area contributed by atoms with E-state index >= 15 is 0 Å². The standard InChI is InChI=1S/C20H19ClN4OS/c21-16-3-4-18-17(11-16)23-14-25(18)9-6-22-20(26)12-19(15-5-10-27-13-15)24-7-1-2-8-24/h1-5,7-8,10-11,13-14,19H,6,9,12H2,(H,22,26). The Kier molecular flexibility index (Phi) is 5.27. The molecule has 0 radical (unpaired) electrons. The summed E-state index contributed by atoms with van der Waals surface area (Å²) in [5.41, 5.74) is 3.03. The van der Waals surface area contributed by atoms with Gasteiger partial charge in [0.15, 0.2) is 0 Å². The molecular formula is C20H19ClN4OS. The number of carbonyl (C=O) groups is 1. The van der Waals surface area contributed by atoms with Crippen molar-refractivity contribution in [3.05, 3.63) is 76.5 Å². The molecule has 5 nitrogen and oxygen atoms in total. The molecular weight excluding hydrogens is 380 g/mol. The molecule has 4 aromatic rings. The molecule has 4 rings (SSSR count). The van der Waals surface area contributed by atoms with Crippen molar-refractivity contribution in [1.82, 2.24) is 19.4 Å². The third kappa shape index (κ3) is 4.07. The summed E-state index contributed by atoms with van der Waals surface area (Å²) >= 11 is 7.65. The van der Waals surface area contributed by atoms with E-state index in [4.69, 9.17) is 11.6 Å². The number of thiophene rings is 1. The number of nitrogens with one attached hydrogen (secondary N) is 1. The van der Waals surface area contributed by atoms with Crippen molar-refractivity contribution in [3.8, 4) is 0 Å². The van der Waals surface area contributed by atoms with Crippen LogP contribution in [0.5, 0.6) is 0 Å². The van der Waals surface area contributed by atoms with Crippen LogP contribution in [0.2, 0.25) is 5.02 Å². The van der Waals surface area contributed by atoms with Gasteiger partial charge in [-0.1, -0.05) is 11.6 Å². The molecule has 0 aliphatic rings. The van der Waals surface area contributed by atoms with Crippen LogP contribution in [0, 0.1) is 0 Å². The number of amides is 1. The number of hydrogen-bond donors (Lipinski definition) is 1. The number of hydrogen-bond acceptors (Lipinski definition) is 3. The SMILES string of the molecule is O=C(CC(c1ccsc1)n1cccc1)NCCn1cnc2cc(Cl)ccc21. The average molecular weight is 399 g/mol. The predicted octanol–water partition coefficient (Wildman–Crippen LogP) is 4.35. The second kappa shape index (κ2) is 7.98. The normalized spacial score (nSPS) is 12.3. The van der Waals surface area contributed by atoms with Crippen LogP contribution in [0.4, 0.5) is 0 Å². The first-order chi connectivity index (χ1) is 13.2. The van der Waals surface area contributed by atoms with Gasteiger partial charge in [-0.3, -0.25) is 4.79 Å². The minimum absolute atomic E-state index is 0.0162. The van der Waals surface area contributed by atoms with Gasteiger partial charge in [0, 0.05) is 30.5 Å². The van der Waals surface area contributed by atoms with Crippen molar-refractivity contribution >= 4 is 39.9 Å². The Balaban J connectivity index is 1.37. The maximum absolute atomic E-state index is 12.5. The number of carbonyl (C=O) groups excluding carboxylic acids is 1. The van der Waals surface area contributed by atoms with Crippen LogP contribution in [-0.4, -0.2) is 26.6 Å². The molecule has 27 heavy (non-hydrogen) atoms. The number of halogens is 1. The van der Waals surface area contributed by atoms with Crippen LogP contribution in [-0.2, 0) is 11.3 Å². The van der Waals surface area contributed by atoms with Gasteiger partial charge in [-0.2, -0.15) is 11.3 Å². The van der Waals surface area contributed by atoms with Crippen molar-refractivity contribution < 1.29 is 4.79 Å². The lowest BCUT2D eigenvalue weighted by atomic mass is 10.1. The van der Waals surface area contributed by atoms with E-state index in [0.717, 1.165) is 16.6 Å². The van der Waals surface area contributed by atoms with Gasteiger partial charge >= 0.3 is 0 Å². The molecule has 1 unspecified atom stereocenters. The van der Waals surface area contributed by atoms with Crippen LogP contribution in [0.3, 0.4) is 0 Å². The molecule has 0 aliphatic carbocycles. The fourth-order valence-corrected chi connectivity index (χ4v) is 4.07. The summed E-state index contributed by atoms with van der Waals surface area (Å²) in [6, 6.07) is 11.7. The fourth-order valence-electron chi connectivity index (χ4n) is 3.19. The van der Waals surface area contributed by atoms with Crippen LogP contribution >= 0.6 is 22.9 Å². The zero-order chi connectivity index (χ0) is 18.6. The van der Waals surface area contributed by atoms with E-state index in [0.29, 0.717) is 24.5 Å². The summed E-state index contributed by atoms with van der Waals surface area (Å²) in [4.78, 5) is 16.9. The van der Waals surface area contributed by atoms with E-state index < -0.39 is 0 Å². The molecule has 138 valence electrons. The second-order valence-corrected chi connectivity index (χ2v) is 7.54. The summed E-state index contributed by atoms with van der Waals surface area (Å²) < 4.78 is 4.10. The third-order valence-corrected chi connectivity index (χ3v) is 5.49. The molecule has 1 amide bonds. The molecule has 0 spiro atoms. The lowest BCUT2D eigenvalue weighted by Gasteiger charge is -2.18. The molecule has 0 bridgehead atoms. The van der Waals surface area contributed by atoms with E-state index in [9.17, 15) is 4.79 Å². The Morgan fingerprint density at radius 1 is 1.26 bits per heavy atom. The lowest BCUT2D eigenvalue weighted by molar-refractivity contribution is -0.121. The van der Waals surface area contributed by atoms with Gasteiger partial charge in [0.25, 0.3) is 0 Å². The molecule has 1 atom stereocenters. The highest BCUT2D eigenvalue weighted by molar-refractivity contribution is 7.08. The molecule has 0 aliphatic heterocycles. The molecule has 1 N–H and O–H groups in total. The maximum atomic E-state index is 12.5. The molecule has 1 aromatic carbocycles. The zero-order valence-electron chi connectivity index (χ0n) is 14.6. The first-order valence-electron chi connectivity index (χ1n) is 8.72. The van der Waals surface area contributed by atoms with E-state index in [-0.39, 0.29) is 11.9 Å². The first kappa shape index (κ1) is 17.8. The second-order valence-electron chi connectivity index (χ2n) is 6.33. The average Bonchev–Trinajstić information content (AvgIpc) is 3.41. The van der Waals surface area contributed by atoms with Crippen molar-refractivity contribution in [2.75, 3.05) is 6.54 Å². The van der Waals surface area contributed by atoms with Crippen molar-refractivity contribution in [3.63, 3.8) is 0 Å². The van der Waals surface area contributed by atoms with Gasteiger partial charge in [0.05, 0.1) is 29.8 Å². The van der Waals surface area contributed by atoms with Gasteiger partial charge in [-0.15, -0.1) is 0 Å². The minimum Gasteiger partial charge on any atom is -0.354 e. The molecule has 3 aromatic heterocycles. The van der Waals surface area contributed by atoms with Crippen molar-refractivity contribution in [2.24, 2.45) is 0 Å². The van der Waals surface area contributed by atoms with Crippen molar-refractivity contribution in [2.45, 2.75) is 19.0 Å². The number of aromatic nitrogens is 3. The summed E-state index contributed by atoms with van der Waals surface area (Å²) in [5.74, 6) is 0.0346. The van der Waals surface area contributed by atoms with Crippen LogP contribution < -0.4 is 5.32 Å². The molecule has 0 saturated heterocycles. The minimum atomic E-state index is 0.0162. The fraction of sp³-hybridized carbons (Fsp3) is 0.200. The molecule has 7 heteroatoms. The number of benzene rings is 1. The lowest BCUT2D eigenvalue weighted by Crippen LogP contribution is -2.29. The van der Waals surface area contributed by atoms with Crippen LogP contribution in [0.1, 0.15) is 18.0 Å². The monoisotopic (exact) mass is 398 g/mol. The molecule has 3 heterocycles. The predicted molar refractivity (Wildman–Crippen MR) is 109 cm³/mol. The Bertz CT molecular complexity index is 990. The van der Waals surface area contributed by atoms with Crippen molar-refractivity contribution in [1.29, 1.82) is 0 Å². The molecule has 0 fully saturated rings. The largest absolute Gasteiger partial charge is 0.354 e. The Labute approximate surface area is 166 Å². The van der Waals surface area contributed by atoms with E-state index in [1.807, 2.05) is 52.7 Å². The van der Waals surface area contributed by atoms with Gasteiger partial charge in [0.1, 0.15) is 0 Å². The van der Waals surface area contributed by atoms with Gasteiger partial charge in [0.2, 0.25) is 5.91 Å². The number of imidazole rings is 1. The van der Waals surface area contributed by atoms with Gasteiger partial charge in [-0.05, 0) is 52.7 Å². The highest BCUT2D eigenvalue weighted by atomic mass is 35.5. The summed E-state index contributed by atoms with van der Waals surface area (Å²) in [7, 11) is 0. The zero-order valence-corrected chi connectivity index (χ0v) is 16.2. The highest BCUT2D eigenvalue weighted by Crippen LogP contribution is 2.24. The van der Waals surface area contributed by atoms with Gasteiger partial charge in [-0.25, -0.2) is 4.98 Å². The maximum Gasteiger partial charge on any atom is 0.222 e. The number of nitrogens with zero attached hydrogens (tertiary/aromatic N) is 3. The van der Waals surface area contributed by atoms with E-state index in [1.165, 1.54) is 0 Å². The Morgan fingerprint density at radius 2 is 2.11 bits per heavy atom. The van der Waals surface area contributed by atoms with Crippen LogP contribution in [0.15, 0.2) is 65.9 Å². The van der Waals surface area contributed by atoms with E-state index in [2.05, 4.69) is 26.3 Å². The highest BCUT2D eigenvalue weighted by Gasteiger charge is 2.17. The number of rotatable bonds is 7. The Morgan fingerprint density at radius 3 is 2.89 bits per heavy atom. The quantitative estimate of drug-likeness (QED) is 0.503. The molecule has 0 saturated carbocycles. The Hall–Kier alpha value is -2.57. The topological polar surface area (TPSA) is 51.9 Å². The number of fused-ring (bicyclic) bond motifs is 1. The van der Waals surface area contributed by atoms with E-state index in [1.54, 1.807) is 17.7 Å². The van der Waals surface area contributed by atoms with Crippen LogP contribution in [0.25, 0.3) is 11.0 Å².